The summed E-state index contributed by atoms with van der Waals surface area (Å²) in [6, 6.07) is 0. The molecule has 3 nitrogen and oxygen atoms in total. The van der Waals surface area contributed by atoms with E-state index in [1.165, 1.54) is 38.2 Å². The fourth-order valence-corrected chi connectivity index (χ4v) is 2.47. The van der Waals surface area contributed by atoms with Crippen molar-refractivity contribution in [2.24, 2.45) is 11.8 Å². The van der Waals surface area contributed by atoms with Gasteiger partial charge in [0.05, 0.1) is 0 Å². The Morgan fingerprint density at radius 1 is 1.28 bits per heavy atom. The Morgan fingerprint density at radius 3 is 2.61 bits per heavy atom. The number of aliphatic carboxylic acids is 1. The van der Waals surface area contributed by atoms with Crippen LogP contribution in [0.3, 0.4) is 0 Å². The summed E-state index contributed by atoms with van der Waals surface area (Å²) in [5, 5.41) is 8.94. The van der Waals surface area contributed by atoms with Crippen LogP contribution in [-0.2, 0) is 9.59 Å². The van der Waals surface area contributed by atoms with Gasteiger partial charge in [0, 0.05) is 0 Å². The molecule has 1 rings (SSSR count). The Kier molecular flexibility index (Phi) is 6.69. The summed E-state index contributed by atoms with van der Waals surface area (Å²) in [4.78, 5) is 22.3. The first-order valence-electron chi connectivity index (χ1n) is 7.10. The minimum absolute atomic E-state index is 0.248. The fourth-order valence-electron chi connectivity index (χ4n) is 2.47. The van der Waals surface area contributed by atoms with E-state index in [1.807, 2.05) is 6.08 Å². The zero-order valence-corrected chi connectivity index (χ0v) is 11.2. The van der Waals surface area contributed by atoms with Gasteiger partial charge in [0.2, 0.25) is 0 Å². The summed E-state index contributed by atoms with van der Waals surface area (Å²) in [7, 11) is 0. The highest BCUT2D eigenvalue weighted by Crippen LogP contribution is 2.26. The number of allylic oxidation sites excluding steroid dienone is 2. The van der Waals surface area contributed by atoms with Crippen molar-refractivity contribution in [3.63, 3.8) is 0 Å². The molecule has 0 heterocycles. The molecule has 1 aliphatic carbocycles. The molecule has 0 aromatic carbocycles. The van der Waals surface area contributed by atoms with E-state index in [0.717, 1.165) is 12.8 Å². The van der Waals surface area contributed by atoms with Crippen molar-refractivity contribution in [1.82, 2.24) is 0 Å². The van der Waals surface area contributed by atoms with E-state index in [0.29, 0.717) is 6.42 Å². The van der Waals surface area contributed by atoms with Gasteiger partial charge >= 0.3 is 5.97 Å². The average molecular weight is 252 g/mol. The molecule has 18 heavy (non-hydrogen) atoms. The molecular weight excluding hydrogens is 228 g/mol. The van der Waals surface area contributed by atoms with Gasteiger partial charge in [-0.25, -0.2) is 0 Å². The molecule has 0 saturated heterocycles. The first-order chi connectivity index (χ1) is 8.65. The highest BCUT2D eigenvalue weighted by Gasteiger charge is 2.29. The van der Waals surface area contributed by atoms with Gasteiger partial charge in [-0.2, -0.15) is 0 Å². The van der Waals surface area contributed by atoms with Gasteiger partial charge in [0.25, 0.3) is 0 Å². The maximum Gasteiger partial charge on any atom is 0.314 e. The monoisotopic (exact) mass is 252 g/mol. The summed E-state index contributed by atoms with van der Waals surface area (Å²) >= 11 is 0. The van der Waals surface area contributed by atoms with Crippen molar-refractivity contribution < 1.29 is 14.7 Å². The molecule has 0 radical (unpaired) electrons. The minimum Gasteiger partial charge on any atom is -0.481 e. The molecule has 0 spiro atoms. The van der Waals surface area contributed by atoms with E-state index in [2.05, 4.69) is 6.92 Å². The van der Waals surface area contributed by atoms with Gasteiger partial charge in [-0.15, -0.1) is 0 Å². The van der Waals surface area contributed by atoms with Crippen LogP contribution >= 0.6 is 0 Å². The SMILES string of the molecule is CCCCCCCCC1C=CC(=O)C(C(=O)O)C1. The lowest BCUT2D eigenvalue weighted by Gasteiger charge is -2.20. The summed E-state index contributed by atoms with van der Waals surface area (Å²) in [5.74, 6) is -1.76. The molecule has 0 aromatic heterocycles. The Labute approximate surface area is 109 Å². The summed E-state index contributed by atoms with van der Waals surface area (Å²) in [5.41, 5.74) is 0. The number of rotatable bonds is 8. The molecule has 0 saturated carbocycles. The van der Waals surface area contributed by atoms with Crippen LogP contribution in [0.2, 0.25) is 0 Å². The molecule has 3 heteroatoms. The van der Waals surface area contributed by atoms with Crippen molar-refractivity contribution in [3.05, 3.63) is 12.2 Å². The summed E-state index contributed by atoms with van der Waals surface area (Å²) in [6.45, 7) is 2.20. The van der Waals surface area contributed by atoms with Crippen molar-refractivity contribution in [2.75, 3.05) is 0 Å². The number of unbranched alkanes of at least 4 members (excludes halogenated alkanes) is 5. The Hall–Kier alpha value is -1.12. The first kappa shape index (κ1) is 14.9. The second kappa shape index (κ2) is 8.06. The molecule has 2 unspecified atom stereocenters. The van der Waals surface area contributed by atoms with Crippen LogP contribution in [0, 0.1) is 11.8 Å². The fraction of sp³-hybridized carbons (Fsp3) is 0.733. The second-order valence-electron chi connectivity index (χ2n) is 5.20. The lowest BCUT2D eigenvalue weighted by molar-refractivity contribution is -0.145. The molecule has 0 fully saturated rings. The van der Waals surface area contributed by atoms with Crippen molar-refractivity contribution >= 4 is 11.8 Å². The normalized spacial score (nSPS) is 23.3. The Morgan fingerprint density at radius 2 is 1.94 bits per heavy atom. The third-order valence-electron chi connectivity index (χ3n) is 3.64. The largest absolute Gasteiger partial charge is 0.481 e. The zero-order chi connectivity index (χ0) is 13.4. The van der Waals surface area contributed by atoms with E-state index in [4.69, 9.17) is 5.11 Å². The number of ketones is 1. The maximum atomic E-state index is 11.4. The Balaban J connectivity index is 2.21. The highest BCUT2D eigenvalue weighted by atomic mass is 16.4. The van der Waals surface area contributed by atoms with Crippen molar-refractivity contribution in [2.45, 2.75) is 58.3 Å². The van der Waals surface area contributed by atoms with E-state index < -0.39 is 11.9 Å². The van der Waals surface area contributed by atoms with Crippen molar-refractivity contribution in [1.29, 1.82) is 0 Å². The summed E-state index contributed by atoms with van der Waals surface area (Å²) < 4.78 is 0. The number of carbonyl (C=O) groups excluding carboxylic acids is 1. The molecule has 0 aliphatic heterocycles. The van der Waals surface area contributed by atoms with Gasteiger partial charge in [-0.1, -0.05) is 51.5 Å². The van der Waals surface area contributed by atoms with Gasteiger partial charge < -0.3 is 5.11 Å². The van der Waals surface area contributed by atoms with Gasteiger partial charge in [0.1, 0.15) is 5.92 Å². The molecular formula is C15H24O3. The van der Waals surface area contributed by atoms with Crippen LogP contribution in [0.25, 0.3) is 0 Å². The van der Waals surface area contributed by atoms with Gasteiger partial charge in [-0.05, 0) is 24.8 Å². The number of carbonyl (C=O) groups is 2. The molecule has 102 valence electrons. The number of carboxylic acid groups (broad SMARTS) is 1. The van der Waals surface area contributed by atoms with Crippen LogP contribution in [0.4, 0.5) is 0 Å². The van der Waals surface area contributed by atoms with Crippen LogP contribution in [0.15, 0.2) is 12.2 Å². The second-order valence-corrected chi connectivity index (χ2v) is 5.20. The summed E-state index contributed by atoms with van der Waals surface area (Å²) in [6.07, 6.45) is 12.3. The smallest absolute Gasteiger partial charge is 0.314 e. The van der Waals surface area contributed by atoms with E-state index >= 15 is 0 Å². The zero-order valence-electron chi connectivity index (χ0n) is 11.2. The standard InChI is InChI=1S/C15H24O3/c1-2-3-4-5-6-7-8-12-9-10-14(16)13(11-12)15(17)18/h9-10,12-13H,2-8,11H2,1H3,(H,17,18). The Bertz CT molecular complexity index is 307. The number of carboxylic acids is 1. The van der Waals surface area contributed by atoms with Crippen LogP contribution in [0.5, 0.6) is 0 Å². The molecule has 2 atom stereocenters. The predicted octanol–water partition coefficient (Wildman–Crippen LogP) is 3.58. The quantitative estimate of drug-likeness (QED) is 0.530. The van der Waals surface area contributed by atoms with Gasteiger partial charge in [0.15, 0.2) is 5.78 Å². The number of hydrogen-bond donors (Lipinski definition) is 1. The van der Waals surface area contributed by atoms with Crippen LogP contribution in [-0.4, -0.2) is 16.9 Å². The highest BCUT2D eigenvalue weighted by molar-refractivity contribution is 6.05. The predicted molar refractivity (Wildman–Crippen MR) is 71.4 cm³/mol. The van der Waals surface area contributed by atoms with Crippen LogP contribution < -0.4 is 0 Å². The molecule has 1 aliphatic rings. The van der Waals surface area contributed by atoms with E-state index in [-0.39, 0.29) is 11.7 Å². The minimum atomic E-state index is -0.975. The molecule has 0 aromatic rings. The number of hydrogen-bond acceptors (Lipinski definition) is 2. The van der Waals surface area contributed by atoms with Crippen molar-refractivity contribution in [3.8, 4) is 0 Å². The first-order valence-corrected chi connectivity index (χ1v) is 7.10. The third-order valence-corrected chi connectivity index (χ3v) is 3.64. The molecule has 1 N–H and O–H groups in total. The molecule has 0 bridgehead atoms. The third kappa shape index (κ3) is 5.03. The van der Waals surface area contributed by atoms with E-state index in [9.17, 15) is 9.59 Å². The lowest BCUT2D eigenvalue weighted by atomic mass is 9.83. The van der Waals surface area contributed by atoms with Gasteiger partial charge in [-0.3, -0.25) is 9.59 Å². The lowest BCUT2D eigenvalue weighted by Crippen LogP contribution is -2.27. The average Bonchev–Trinajstić information content (AvgIpc) is 2.35. The van der Waals surface area contributed by atoms with E-state index in [1.54, 1.807) is 0 Å². The topological polar surface area (TPSA) is 54.4 Å². The maximum absolute atomic E-state index is 11.4. The molecule has 0 amide bonds. The van der Waals surface area contributed by atoms with Crippen LogP contribution in [0.1, 0.15) is 58.3 Å².